The van der Waals surface area contributed by atoms with Crippen LogP contribution in [0.2, 0.25) is 0 Å². The molecule has 1 amide bonds. The van der Waals surface area contributed by atoms with Crippen molar-refractivity contribution in [1.82, 2.24) is 4.98 Å². The molecular formula is C17H16N2O2S2. The van der Waals surface area contributed by atoms with Crippen molar-refractivity contribution in [3.05, 3.63) is 48.0 Å². The van der Waals surface area contributed by atoms with Crippen LogP contribution in [-0.2, 0) is 4.79 Å². The lowest BCUT2D eigenvalue weighted by Gasteiger charge is -2.06. The van der Waals surface area contributed by atoms with Crippen molar-refractivity contribution >= 4 is 44.4 Å². The minimum absolute atomic E-state index is 0.0330. The number of anilines is 1. The predicted molar refractivity (Wildman–Crippen MR) is 96.7 cm³/mol. The largest absolute Gasteiger partial charge is 0.484 e. The van der Waals surface area contributed by atoms with Gasteiger partial charge in [-0.25, -0.2) is 4.98 Å². The maximum absolute atomic E-state index is 12.0. The Morgan fingerprint density at radius 1 is 1.30 bits per heavy atom. The zero-order chi connectivity index (χ0) is 16.2. The summed E-state index contributed by atoms with van der Waals surface area (Å²) in [5, 5.41) is 3.40. The fraction of sp³-hybridized carbons (Fsp3) is 0.176. The van der Waals surface area contributed by atoms with Crippen molar-refractivity contribution in [1.29, 1.82) is 0 Å². The Morgan fingerprint density at radius 2 is 2.13 bits per heavy atom. The predicted octanol–water partition coefficient (Wildman–Crippen LogP) is 4.34. The quantitative estimate of drug-likeness (QED) is 0.699. The van der Waals surface area contributed by atoms with Crippen LogP contribution in [0.5, 0.6) is 5.75 Å². The highest BCUT2D eigenvalue weighted by Crippen LogP contribution is 2.32. The standard InChI is InChI=1S/C17H16N2O2S2/c1-11-5-3-6-12(9-11)21-10-15(20)18-17-19-16-13(22-2)7-4-8-14(16)23-17/h3-9H,10H2,1-2H3,(H,18,19,20). The summed E-state index contributed by atoms with van der Waals surface area (Å²) in [6.07, 6.45) is 2.02. The third kappa shape index (κ3) is 3.83. The van der Waals surface area contributed by atoms with E-state index in [0.717, 1.165) is 20.7 Å². The van der Waals surface area contributed by atoms with E-state index in [0.29, 0.717) is 10.9 Å². The molecule has 1 N–H and O–H groups in total. The highest BCUT2D eigenvalue weighted by molar-refractivity contribution is 7.98. The first-order valence-electron chi connectivity index (χ1n) is 7.08. The third-order valence-electron chi connectivity index (χ3n) is 3.21. The number of nitrogens with zero attached hydrogens (tertiary/aromatic N) is 1. The number of hydrogen-bond donors (Lipinski definition) is 1. The highest BCUT2D eigenvalue weighted by atomic mass is 32.2. The van der Waals surface area contributed by atoms with Crippen LogP contribution in [0.1, 0.15) is 5.56 Å². The Kier molecular flexibility index (Phi) is 4.83. The first kappa shape index (κ1) is 15.8. The highest BCUT2D eigenvalue weighted by Gasteiger charge is 2.10. The van der Waals surface area contributed by atoms with Crippen LogP contribution in [0.15, 0.2) is 47.4 Å². The van der Waals surface area contributed by atoms with Gasteiger partial charge in [-0.05, 0) is 43.0 Å². The van der Waals surface area contributed by atoms with Crippen LogP contribution in [0, 0.1) is 6.92 Å². The van der Waals surface area contributed by atoms with Gasteiger partial charge in [-0.2, -0.15) is 0 Å². The fourth-order valence-electron chi connectivity index (χ4n) is 2.15. The average molecular weight is 344 g/mol. The lowest BCUT2D eigenvalue weighted by molar-refractivity contribution is -0.118. The van der Waals surface area contributed by atoms with E-state index in [9.17, 15) is 4.79 Å². The number of hydrogen-bond acceptors (Lipinski definition) is 5. The molecular weight excluding hydrogens is 328 g/mol. The monoisotopic (exact) mass is 344 g/mol. The number of rotatable bonds is 5. The number of nitrogens with one attached hydrogen (secondary N) is 1. The van der Waals surface area contributed by atoms with Gasteiger partial charge < -0.3 is 4.74 Å². The molecule has 0 saturated carbocycles. The Hall–Kier alpha value is -2.05. The molecule has 1 heterocycles. The smallest absolute Gasteiger partial charge is 0.264 e. The van der Waals surface area contributed by atoms with Gasteiger partial charge in [0.15, 0.2) is 11.7 Å². The zero-order valence-corrected chi connectivity index (χ0v) is 14.5. The number of fused-ring (bicyclic) bond motifs is 1. The molecule has 23 heavy (non-hydrogen) atoms. The lowest BCUT2D eigenvalue weighted by atomic mass is 10.2. The Bertz CT molecular complexity index is 845. The van der Waals surface area contributed by atoms with Crippen molar-refractivity contribution in [3.63, 3.8) is 0 Å². The topological polar surface area (TPSA) is 51.2 Å². The van der Waals surface area contributed by atoms with E-state index < -0.39 is 0 Å². The molecule has 0 aliphatic heterocycles. The molecule has 118 valence electrons. The maximum atomic E-state index is 12.0. The second-order valence-electron chi connectivity index (χ2n) is 4.98. The van der Waals surface area contributed by atoms with Gasteiger partial charge in [0.05, 0.1) is 10.2 Å². The molecule has 2 aromatic carbocycles. The second-order valence-corrected chi connectivity index (χ2v) is 6.86. The molecule has 3 rings (SSSR count). The van der Waals surface area contributed by atoms with Gasteiger partial charge >= 0.3 is 0 Å². The van der Waals surface area contributed by atoms with Crippen LogP contribution >= 0.6 is 23.1 Å². The van der Waals surface area contributed by atoms with Gasteiger partial charge in [-0.15, -0.1) is 11.8 Å². The van der Waals surface area contributed by atoms with Crippen molar-refractivity contribution < 1.29 is 9.53 Å². The summed E-state index contributed by atoms with van der Waals surface area (Å²) in [5.74, 6) is 0.477. The molecule has 4 nitrogen and oxygen atoms in total. The SMILES string of the molecule is CSc1cccc2sc(NC(=O)COc3cccc(C)c3)nc12. The molecule has 0 fully saturated rings. The molecule has 0 radical (unpaired) electrons. The number of aromatic nitrogens is 1. The molecule has 0 atom stereocenters. The van der Waals surface area contributed by atoms with Crippen LogP contribution in [-0.4, -0.2) is 23.8 Å². The number of amides is 1. The number of aryl methyl sites for hydroxylation is 1. The first-order chi connectivity index (χ1) is 11.2. The van der Waals surface area contributed by atoms with Gasteiger partial charge in [0.1, 0.15) is 5.75 Å². The number of thiazole rings is 1. The third-order valence-corrected chi connectivity index (χ3v) is 4.91. The van der Waals surface area contributed by atoms with Crippen molar-refractivity contribution in [3.8, 4) is 5.75 Å². The summed E-state index contributed by atoms with van der Waals surface area (Å²) < 4.78 is 6.56. The minimum Gasteiger partial charge on any atom is -0.484 e. The number of ether oxygens (including phenoxy) is 1. The summed E-state index contributed by atoms with van der Waals surface area (Å²) >= 11 is 3.11. The molecule has 0 saturated heterocycles. The van der Waals surface area contributed by atoms with Crippen molar-refractivity contribution in [2.24, 2.45) is 0 Å². The number of thioether (sulfide) groups is 1. The number of para-hydroxylation sites is 1. The molecule has 0 spiro atoms. The summed E-state index contributed by atoms with van der Waals surface area (Å²) in [6.45, 7) is 1.95. The van der Waals surface area contributed by atoms with Crippen molar-refractivity contribution in [2.45, 2.75) is 11.8 Å². The van der Waals surface area contributed by atoms with E-state index in [1.165, 1.54) is 11.3 Å². The molecule has 0 bridgehead atoms. The summed E-state index contributed by atoms with van der Waals surface area (Å²) in [5.41, 5.74) is 2.03. The fourth-order valence-corrected chi connectivity index (χ4v) is 3.69. The zero-order valence-electron chi connectivity index (χ0n) is 12.8. The number of carbonyl (C=O) groups excluding carboxylic acids is 1. The number of carbonyl (C=O) groups is 1. The van der Waals surface area contributed by atoms with E-state index in [1.807, 2.05) is 55.6 Å². The molecule has 1 aromatic heterocycles. The van der Waals surface area contributed by atoms with E-state index in [4.69, 9.17) is 4.74 Å². The van der Waals surface area contributed by atoms with E-state index in [2.05, 4.69) is 10.3 Å². The molecule has 3 aromatic rings. The maximum Gasteiger partial charge on any atom is 0.264 e. The van der Waals surface area contributed by atoms with Crippen LogP contribution in [0.3, 0.4) is 0 Å². The van der Waals surface area contributed by atoms with E-state index in [-0.39, 0.29) is 12.5 Å². The summed E-state index contributed by atoms with van der Waals surface area (Å²) in [4.78, 5) is 17.6. The molecule has 6 heteroatoms. The van der Waals surface area contributed by atoms with Crippen LogP contribution in [0.4, 0.5) is 5.13 Å². The Labute approximate surface area is 142 Å². The number of benzene rings is 2. The lowest BCUT2D eigenvalue weighted by Crippen LogP contribution is -2.20. The van der Waals surface area contributed by atoms with Gasteiger partial charge in [0.25, 0.3) is 5.91 Å². The minimum atomic E-state index is -0.212. The summed E-state index contributed by atoms with van der Waals surface area (Å²) in [6, 6.07) is 13.7. The normalized spacial score (nSPS) is 10.7. The Balaban J connectivity index is 1.66. The van der Waals surface area contributed by atoms with Gasteiger partial charge in [0.2, 0.25) is 0 Å². The van der Waals surface area contributed by atoms with E-state index >= 15 is 0 Å². The van der Waals surface area contributed by atoms with Gasteiger partial charge in [-0.1, -0.05) is 29.5 Å². The molecule has 0 aliphatic rings. The first-order valence-corrected chi connectivity index (χ1v) is 9.12. The molecule has 0 aliphatic carbocycles. The molecule has 0 unspecified atom stereocenters. The van der Waals surface area contributed by atoms with Crippen molar-refractivity contribution in [2.75, 3.05) is 18.2 Å². The second kappa shape index (κ2) is 7.02. The Morgan fingerprint density at radius 3 is 2.91 bits per heavy atom. The summed E-state index contributed by atoms with van der Waals surface area (Å²) in [7, 11) is 0. The van der Waals surface area contributed by atoms with Crippen LogP contribution < -0.4 is 10.1 Å². The van der Waals surface area contributed by atoms with Gasteiger partial charge in [0, 0.05) is 4.90 Å². The van der Waals surface area contributed by atoms with Crippen LogP contribution in [0.25, 0.3) is 10.2 Å². The van der Waals surface area contributed by atoms with E-state index in [1.54, 1.807) is 11.8 Å². The average Bonchev–Trinajstić information content (AvgIpc) is 2.95. The van der Waals surface area contributed by atoms with Gasteiger partial charge in [-0.3, -0.25) is 10.1 Å².